The zero-order chi connectivity index (χ0) is 13.5. The molecule has 3 N–H and O–H groups in total. The number of pyridine rings is 1. The van der Waals surface area contributed by atoms with Gasteiger partial charge in [0, 0.05) is 12.2 Å². The van der Waals surface area contributed by atoms with Gasteiger partial charge >= 0.3 is 0 Å². The van der Waals surface area contributed by atoms with Gasteiger partial charge in [0.1, 0.15) is 0 Å². The summed E-state index contributed by atoms with van der Waals surface area (Å²) in [4.78, 5) is 8.52. The van der Waals surface area contributed by atoms with Crippen molar-refractivity contribution in [2.45, 2.75) is 51.1 Å². The summed E-state index contributed by atoms with van der Waals surface area (Å²) in [6, 6.07) is 4.16. The van der Waals surface area contributed by atoms with Crippen LogP contribution in [-0.2, 0) is 6.54 Å². The van der Waals surface area contributed by atoms with Crippen molar-refractivity contribution in [3.05, 3.63) is 29.0 Å². The first-order chi connectivity index (χ1) is 9.24. The maximum atomic E-state index is 5.92. The molecule has 1 saturated carbocycles. The first-order valence-corrected chi connectivity index (χ1v) is 7.29. The van der Waals surface area contributed by atoms with Gasteiger partial charge in [-0.2, -0.15) is 0 Å². The van der Waals surface area contributed by atoms with Gasteiger partial charge in [-0.1, -0.05) is 37.3 Å². The molecule has 0 radical (unpaired) electrons. The predicted molar refractivity (Wildman–Crippen MR) is 94.6 cm³/mol. The van der Waals surface area contributed by atoms with Crippen LogP contribution in [0.5, 0.6) is 0 Å². The van der Waals surface area contributed by atoms with Crippen LogP contribution in [0.3, 0.4) is 0 Å². The van der Waals surface area contributed by atoms with E-state index in [4.69, 9.17) is 17.3 Å². The van der Waals surface area contributed by atoms with E-state index >= 15 is 0 Å². The lowest BCUT2D eigenvalue weighted by Gasteiger charge is -2.16. The van der Waals surface area contributed by atoms with Gasteiger partial charge in [0.15, 0.2) is 5.96 Å². The second-order valence-corrected chi connectivity index (χ2v) is 5.44. The van der Waals surface area contributed by atoms with Crippen LogP contribution in [0, 0.1) is 0 Å². The number of hydrogen-bond acceptors (Lipinski definition) is 2. The largest absolute Gasteiger partial charge is 0.370 e. The van der Waals surface area contributed by atoms with Crippen molar-refractivity contribution >= 4 is 41.5 Å². The number of nitrogens with two attached hydrogens (primary N) is 1. The number of hydrogen-bond donors (Lipinski definition) is 2. The molecule has 20 heavy (non-hydrogen) atoms. The summed E-state index contributed by atoms with van der Waals surface area (Å²) in [6.45, 7) is 0.489. The average Bonchev–Trinajstić information content (AvgIpc) is 2.67. The molecule has 0 amide bonds. The fourth-order valence-electron chi connectivity index (χ4n) is 2.34. The molecule has 112 valence electrons. The van der Waals surface area contributed by atoms with Gasteiger partial charge in [0.05, 0.1) is 17.3 Å². The Kier molecular flexibility index (Phi) is 8.21. The molecule has 0 aromatic carbocycles. The summed E-state index contributed by atoms with van der Waals surface area (Å²) >= 11 is 5.78. The van der Waals surface area contributed by atoms with E-state index in [-0.39, 0.29) is 24.0 Å². The van der Waals surface area contributed by atoms with Gasteiger partial charge in [-0.15, -0.1) is 24.0 Å². The lowest BCUT2D eigenvalue weighted by molar-refractivity contribution is 0.530. The monoisotopic (exact) mass is 408 g/mol. The first kappa shape index (κ1) is 17.5. The molecule has 0 spiro atoms. The number of nitrogens with one attached hydrogen (secondary N) is 1. The maximum Gasteiger partial charge on any atom is 0.189 e. The molecule has 0 bridgehead atoms. The van der Waals surface area contributed by atoms with Gasteiger partial charge in [-0.05, 0) is 25.0 Å². The Labute approximate surface area is 142 Å². The van der Waals surface area contributed by atoms with Gasteiger partial charge in [0.25, 0.3) is 0 Å². The Morgan fingerprint density at radius 2 is 2.00 bits per heavy atom. The van der Waals surface area contributed by atoms with Crippen LogP contribution in [0.25, 0.3) is 0 Å². The van der Waals surface area contributed by atoms with Crippen molar-refractivity contribution in [1.82, 2.24) is 10.3 Å². The fraction of sp³-hybridized carbons (Fsp3) is 0.571. The van der Waals surface area contributed by atoms with E-state index in [1.807, 2.05) is 12.1 Å². The number of guanidine groups is 1. The molecule has 0 aliphatic heterocycles. The van der Waals surface area contributed by atoms with Gasteiger partial charge < -0.3 is 11.1 Å². The van der Waals surface area contributed by atoms with Gasteiger partial charge in [-0.25, -0.2) is 4.99 Å². The number of halogens is 2. The number of rotatable bonds is 3. The summed E-state index contributed by atoms with van der Waals surface area (Å²) in [5.41, 5.74) is 6.79. The minimum Gasteiger partial charge on any atom is -0.370 e. The van der Waals surface area contributed by atoms with Crippen LogP contribution in [0.4, 0.5) is 0 Å². The fourth-order valence-corrected chi connectivity index (χ4v) is 2.46. The van der Waals surface area contributed by atoms with Crippen LogP contribution in [-0.4, -0.2) is 17.0 Å². The molecular formula is C14H22ClIN4. The third-order valence-corrected chi connectivity index (χ3v) is 3.63. The SMILES string of the molecule is I.NC(=NCc1ccc(Cl)cn1)NC1CCCCCC1. The average molecular weight is 409 g/mol. The summed E-state index contributed by atoms with van der Waals surface area (Å²) in [5.74, 6) is 0.517. The van der Waals surface area contributed by atoms with E-state index in [9.17, 15) is 0 Å². The van der Waals surface area contributed by atoms with Crippen molar-refractivity contribution < 1.29 is 0 Å². The van der Waals surface area contributed by atoms with E-state index in [0.29, 0.717) is 23.6 Å². The molecule has 1 aromatic rings. The molecule has 0 saturated heterocycles. The van der Waals surface area contributed by atoms with Crippen LogP contribution in [0.15, 0.2) is 23.3 Å². The van der Waals surface area contributed by atoms with E-state index in [2.05, 4.69) is 15.3 Å². The topological polar surface area (TPSA) is 63.3 Å². The summed E-state index contributed by atoms with van der Waals surface area (Å²) in [6.07, 6.45) is 9.24. The number of aromatic nitrogens is 1. The van der Waals surface area contributed by atoms with Crippen molar-refractivity contribution in [2.24, 2.45) is 10.7 Å². The van der Waals surface area contributed by atoms with E-state index in [0.717, 1.165) is 5.69 Å². The quantitative estimate of drug-likeness (QED) is 0.348. The Bertz CT molecular complexity index is 414. The smallest absolute Gasteiger partial charge is 0.189 e. The molecule has 1 aliphatic rings. The Morgan fingerprint density at radius 3 is 2.60 bits per heavy atom. The summed E-state index contributed by atoms with van der Waals surface area (Å²) in [5, 5.41) is 3.95. The minimum absolute atomic E-state index is 0. The molecule has 4 nitrogen and oxygen atoms in total. The zero-order valence-electron chi connectivity index (χ0n) is 11.5. The van der Waals surface area contributed by atoms with Crippen molar-refractivity contribution in [1.29, 1.82) is 0 Å². The molecule has 1 heterocycles. The van der Waals surface area contributed by atoms with Crippen LogP contribution < -0.4 is 11.1 Å². The highest BCUT2D eigenvalue weighted by Crippen LogP contribution is 2.16. The van der Waals surface area contributed by atoms with Gasteiger partial charge in [-0.3, -0.25) is 4.98 Å². The van der Waals surface area contributed by atoms with E-state index in [1.54, 1.807) is 6.20 Å². The molecule has 0 atom stereocenters. The predicted octanol–water partition coefficient (Wildman–Crippen LogP) is 3.48. The highest BCUT2D eigenvalue weighted by atomic mass is 127. The molecule has 6 heteroatoms. The normalized spacial score (nSPS) is 17.1. The Hall–Kier alpha value is -0.560. The molecular weight excluding hydrogens is 387 g/mol. The second kappa shape index (κ2) is 9.39. The standard InChI is InChI=1S/C14H21ClN4.HI/c15-11-7-8-13(17-9-11)10-18-14(16)19-12-5-3-1-2-4-6-12;/h7-9,12H,1-6,10H2,(H3,16,18,19);1H. The molecule has 1 fully saturated rings. The lowest BCUT2D eigenvalue weighted by Crippen LogP contribution is -2.39. The third-order valence-electron chi connectivity index (χ3n) is 3.41. The first-order valence-electron chi connectivity index (χ1n) is 6.91. The molecule has 1 aromatic heterocycles. The lowest BCUT2D eigenvalue weighted by atomic mass is 10.1. The minimum atomic E-state index is 0. The highest BCUT2D eigenvalue weighted by molar-refractivity contribution is 14.0. The Balaban J connectivity index is 0.00000200. The molecule has 1 aliphatic carbocycles. The highest BCUT2D eigenvalue weighted by Gasteiger charge is 2.12. The summed E-state index contributed by atoms with van der Waals surface area (Å²) in [7, 11) is 0. The third kappa shape index (κ3) is 6.26. The zero-order valence-corrected chi connectivity index (χ0v) is 14.6. The second-order valence-electron chi connectivity index (χ2n) is 5.00. The van der Waals surface area contributed by atoms with E-state index in [1.165, 1.54) is 38.5 Å². The van der Waals surface area contributed by atoms with Crippen LogP contribution >= 0.6 is 35.6 Å². The Morgan fingerprint density at radius 1 is 1.30 bits per heavy atom. The van der Waals surface area contributed by atoms with Crippen molar-refractivity contribution in [3.63, 3.8) is 0 Å². The van der Waals surface area contributed by atoms with Crippen molar-refractivity contribution in [3.8, 4) is 0 Å². The summed E-state index contributed by atoms with van der Waals surface area (Å²) < 4.78 is 0. The van der Waals surface area contributed by atoms with Crippen LogP contribution in [0.1, 0.15) is 44.2 Å². The maximum absolute atomic E-state index is 5.92. The van der Waals surface area contributed by atoms with E-state index < -0.39 is 0 Å². The van der Waals surface area contributed by atoms with Gasteiger partial charge in [0.2, 0.25) is 0 Å². The van der Waals surface area contributed by atoms with Crippen molar-refractivity contribution in [2.75, 3.05) is 0 Å². The van der Waals surface area contributed by atoms with Crippen LogP contribution in [0.2, 0.25) is 5.02 Å². The number of nitrogens with zero attached hydrogens (tertiary/aromatic N) is 2. The number of aliphatic imine (C=N–C) groups is 1. The molecule has 2 rings (SSSR count). The molecule has 0 unspecified atom stereocenters.